The molecule has 3 heterocycles. The summed E-state index contributed by atoms with van der Waals surface area (Å²) in [5.74, 6) is 0.628. The van der Waals surface area contributed by atoms with E-state index in [0.717, 1.165) is 60.3 Å². The molecule has 0 bridgehead atoms. The Morgan fingerprint density at radius 1 is 1.29 bits per heavy atom. The fraction of sp³-hybridized carbons (Fsp3) is 0.478. The van der Waals surface area contributed by atoms with Gasteiger partial charge in [0.1, 0.15) is 6.04 Å². The Hall–Kier alpha value is -2.76. The third-order valence-corrected chi connectivity index (χ3v) is 7.29. The summed E-state index contributed by atoms with van der Waals surface area (Å²) < 4.78 is 2.04. The van der Waals surface area contributed by atoms with E-state index in [0.29, 0.717) is 18.1 Å². The number of hydrogen-bond acceptors (Lipinski definition) is 6. The third kappa shape index (κ3) is 3.95. The van der Waals surface area contributed by atoms with Crippen molar-refractivity contribution in [1.29, 1.82) is 5.26 Å². The van der Waals surface area contributed by atoms with Gasteiger partial charge in [0.25, 0.3) is 0 Å². The van der Waals surface area contributed by atoms with Gasteiger partial charge in [-0.3, -0.25) is 14.3 Å². The standard InChI is InChI=1S/C23H25N5O2S/c1-15-26-20(14-31-15)22-8-9-30-28(22)23(29)18-5-2-16(3-6-18)13-27-21-7-4-17(11-24)10-19(21)12-25-27/h4,7,10,12,14,16,18,22H,2-3,5-6,8-9,13H2,1H3/t16?,18?,22-/m0/s1. The van der Waals surface area contributed by atoms with E-state index in [4.69, 9.17) is 10.1 Å². The van der Waals surface area contributed by atoms with E-state index in [9.17, 15) is 4.79 Å². The lowest BCUT2D eigenvalue weighted by molar-refractivity contribution is -0.183. The van der Waals surface area contributed by atoms with E-state index in [1.54, 1.807) is 16.4 Å². The van der Waals surface area contributed by atoms with Crippen LogP contribution in [0.25, 0.3) is 10.9 Å². The molecular formula is C23H25N5O2S. The first-order valence-electron chi connectivity index (χ1n) is 10.9. The molecule has 0 N–H and O–H groups in total. The molecule has 2 fully saturated rings. The van der Waals surface area contributed by atoms with Crippen molar-refractivity contribution in [2.45, 2.75) is 51.6 Å². The normalized spacial score (nSPS) is 23.9. The van der Waals surface area contributed by atoms with Crippen LogP contribution in [0.2, 0.25) is 0 Å². The molecule has 0 radical (unpaired) electrons. The number of hydroxylamine groups is 2. The Morgan fingerprint density at radius 3 is 2.87 bits per heavy atom. The lowest BCUT2D eigenvalue weighted by atomic mass is 9.81. The van der Waals surface area contributed by atoms with Crippen LogP contribution in [0, 0.1) is 30.1 Å². The number of hydrogen-bond donors (Lipinski definition) is 0. The highest BCUT2D eigenvalue weighted by Crippen LogP contribution is 2.37. The minimum atomic E-state index is -0.0519. The highest BCUT2D eigenvalue weighted by molar-refractivity contribution is 7.09. The van der Waals surface area contributed by atoms with Gasteiger partial charge in [0.05, 0.1) is 40.7 Å². The van der Waals surface area contributed by atoms with Crippen LogP contribution in [0.3, 0.4) is 0 Å². The summed E-state index contributed by atoms with van der Waals surface area (Å²) in [6, 6.07) is 7.82. The number of fused-ring (bicyclic) bond motifs is 1. The zero-order chi connectivity index (χ0) is 21.4. The number of benzene rings is 1. The number of aryl methyl sites for hydroxylation is 1. The van der Waals surface area contributed by atoms with Crippen molar-refractivity contribution < 1.29 is 9.63 Å². The first kappa shape index (κ1) is 20.2. The summed E-state index contributed by atoms with van der Waals surface area (Å²) in [6.45, 7) is 3.40. The van der Waals surface area contributed by atoms with E-state index in [1.807, 2.05) is 41.4 Å². The molecule has 160 valence electrons. The maximum Gasteiger partial charge on any atom is 0.249 e. The van der Waals surface area contributed by atoms with Crippen LogP contribution in [0.5, 0.6) is 0 Å². The van der Waals surface area contributed by atoms with Crippen LogP contribution in [0.4, 0.5) is 0 Å². The van der Waals surface area contributed by atoms with E-state index in [1.165, 1.54) is 0 Å². The molecule has 0 spiro atoms. The molecule has 7 nitrogen and oxygen atoms in total. The van der Waals surface area contributed by atoms with E-state index < -0.39 is 0 Å². The summed E-state index contributed by atoms with van der Waals surface area (Å²) in [7, 11) is 0. The van der Waals surface area contributed by atoms with Gasteiger partial charge in [-0.15, -0.1) is 11.3 Å². The second kappa shape index (κ2) is 8.40. The number of amides is 1. The lowest BCUT2D eigenvalue weighted by Gasteiger charge is -2.31. The first-order chi connectivity index (χ1) is 15.1. The highest BCUT2D eigenvalue weighted by atomic mass is 32.1. The summed E-state index contributed by atoms with van der Waals surface area (Å²) in [5.41, 5.74) is 2.66. The van der Waals surface area contributed by atoms with Crippen molar-refractivity contribution >= 4 is 28.1 Å². The zero-order valence-electron chi connectivity index (χ0n) is 17.5. The van der Waals surface area contributed by atoms with Crippen molar-refractivity contribution in [1.82, 2.24) is 19.8 Å². The number of nitrogens with zero attached hydrogens (tertiary/aromatic N) is 5. The summed E-state index contributed by atoms with van der Waals surface area (Å²) in [6.07, 6.45) is 6.40. The van der Waals surface area contributed by atoms with Crippen molar-refractivity contribution in [2.24, 2.45) is 11.8 Å². The molecule has 1 aromatic carbocycles. The van der Waals surface area contributed by atoms with Gasteiger partial charge >= 0.3 is 0 Å². The number of carbonyl (C=O) groups excluding carboxylic acids is 1. The lowest BCUT2D eigenvalue weighted by Crippen LogP contribution is -2.37. The monoisotopic (exact) mass is 435 g/mol. The Kier molecular flexibility index (Phi) is 5.47. The summed E-state index contributed by atoms with van der Waals surface area (Å²) in [5, 5.41) is 19.3. The van der Waals surface area contributed by atoms with E-state index in [2.05, 4.69) is 16.2 Å². The van der Waals surface area contributed by atoms with Crippen molar-refractivity contribution in [3.8, 4) is 6.07 Å². The molecule has 1 amide bonds. The Balaban J connectivity index is 1.20. The van der Waals surface area contributed by atoms with Gasteiger partial charge in [-0.05, 0) is 56.7 Å². The van der Waals surface area contributed by atoms with Crippen LogP contribution in [0.1, 0.15) is 54.4 Å². The van der Waals surface area contributed by atoms with Crippen LogP contribution in [0.15, 0.2) is 29.8 Å². The number of thiazole rings is 1. The van der Waals surface area contributed by atoms with Crippen LogP contribution in [-0.2, 0) is 16.2 Å². The molecule has 0 unspecified atom stereocenters. The minimum Gasteiger partial charge on any atom is -0.272 e. The number of rotatable bonds is 4. The van der Waals surface area contributed by atoms with Gasteiger partial charge < -0.3 is 0 Å². The van der Waals surface area contributed by atoms with Gasteiger partial charge in [-0.1, -0.05) is 0 Å². The van der Waals surface area contributed by atoms with Crippen LogP contribution >= 0.6 is 11.3 Å². The second-order valence-corrected chi connectivity index (χ2v) is 9.59. The maximum absolute atomic E-state index is 13.2. The zero-order valence-corrected chi connectivity index (χ0v) is 18.3. The summed E-state index contributed by atoms with van der Waals surface area (Å²) in [4.78, 5) is 23.5. The third-order valence-electron chi connectivity index (χ3n) is 6.50. The molecule has 2 aliphatic rings. The number of aromatic nitrogens is 3. The number of carbonyl (C=O) groups is 1. The predicted molar refractivity (Wildman–Crippen MR) is 117 cm³/mol. The fourth-order valence-electron chi connectivity index (χ4n) is 4.81. The van der Waals surface area contributed by atoms with Crippen LogP contribution < -0.4 is 0 Å². The van der Waals surface area contributed by atoms with Crippen LogP contribution in [-0.4, -0.2) is 32.3 Å². The fourth-order valence-corrected chi connectivity index (χ4v) is 5.47. The number of nitriles is 1. The average molecular weight is 436 g/mol. The molecule has 1 aliphatic carbocycles. The smallest absolute Gasteiger partial charge is 0.249 e. The van der Waals surface area contributed by atoms with Gasteiger partial charge in [0.15, 0.2) is 0 Å². The van der Waals surface area contributed by atoms with Gasteiger partial charge in [0.2, 0.25) is 5.91 Å². The molecule has 31 heavy (non-hydrogen) atoms. The van der Waals surface area contributed by atoms with Gasteiger partial charge in [-0.2, -0.15) is 10.4 Å². The molecule has 5 rings (SSSR count). The van der Waals surface area contributed by atoms with Crippen molar-refractivity contribution in [3.63, 3.8) is 0 Å². The molecule has 3 aromatic rings. The molecule has 1 aliphatic heterocycles. The Morgan fingerprint density at radius 2 is 2.13 bits per heavy atom. The topological polar surface area (TPSA) is 84.0 Å². The quantitative estimate of drug-likeness (QED) is 0.607. The molecule has 2 aromatic heterocycles. The van der Waals surface area contributed by atoms with Gasteiger partial charge in [-0.25, -0.2) is 10.0 Å². The Labute approximate surface area is 185 Å². The molecular weight excluding hydrogens is 410 g/mol. The van der Waals surface area contributed by atoms with Crippen molar-refractivity contribution in [3.05, 3.63) is 46.0 Å². The maximum atomic E-state index is 13.2. The molecule has 1 atom stereocenters. The minimum absolute atomic E-state index is 0.0177. The molecule has 1 saturated carbocycles. The second-order valence-electron chi connectivity index (χ2n) is 8.52. The Bertz CT molecular complexity index is 1140. The van der Waals surface area contributed by atoms with E-state index in [-0.39, 0.29) is 17.9 Å². The largest absolute Gasteiger partial charge is 0.272 e. The van der Waals surface area contributed by atoms with Crippen molar-refractivity contribution in [2.75, 3.05) is 6.61 Å². The summed E-state index contributed by atoms with van der Waals surface area (Å²) >= 11 is 1.62. The average Bonchev–Trinajstić information content (AvgIpc) is 3.53. The molecule has 1 saturated heterocycles. The highest BCUT2D eigenvalue weighted by Gasteiger charge is 2.38. The SMILES string of the molecule is Cc1nc([C@@H]2CCON2C(=O)C2CCC(Cn3ncc4cc(C#N)ccc43)CC2)cs1. The van der Waals surface area contributed by atoms with E-state index >= 15 is 0 Å². The van der Waals surface area contributed by atoms with Gasteiger partial charge in [0, 0.05) is 29.6 Å². The predicted octanol–water partition coefficient (Wildman–Crippen LogP) is 4.38. The molecule has 8 heteroatoms. The first-order valence-corrected chi connectivity index (χ1v) is 11.7.